The van der Waals surface area contributed by atoms with E-state index in [-0.39, 0.29) is 24.9 Å². The molecular weight excluding hydrogens is 208 g/mol. The number of rotatable bonds is 10. The molecule has 0 aromatic heterocycles. The van der Waals surface area contributed by atoms with Crippen LogP contribution in [0.3, 0.4) is 0 Å². The summed E-state index contributed by atoms with van der Waals surface area (Å²) in [5.41, 5.74) is 0. The standard InChI is InChI=1S/C12H24O4/c1-5-6-14-11(3)8-16-12(4)9-15-10(2)7-13/h5,10-13H,1,6-9H2,2-4H3. The van der Waals surface area contributed by atoms with E-state index in [1.165, 1.54) is 0 Å². The molecule has 0 saturated heterocycles. The van der Waals surface area contributed by atoms with Gasteiger partial charge in [0, 0.05) is 0 Å². The van der Waals surface area contributed by atoms with Gasteiger partial charge >= 0.3 is 0 Å². The maximum absolute atomic E-state index is 8.77. The first kappa shape index (κ1) is 15.6. The molecule has 1 N–H and O–H groups in total. The predicted octanol–water partition coefficient (Wildman–Crippen LogP) is 1.38. The second kappa shape index (κ2) is 9.78. The molecule has 0 aliphatic carbocycles. The lowest BCUT2D eigenvalue weighted by Gasteiger charge is -2.18. The van der Waals surface area contributed by atoms with Gasteiger partial charge in [-0.25, -0.2) is 0 Å². The first-order valence-corrected chi connectivity index (χ1v) is 5.66. The highest BCUT2D eigenvalue weighted by Crippen LogP contribution is 1.99. The highest BCUT2D eigenvalue weighted by molar-refractivity contribution is 4.65. The quantitative estimate of drug-likeness (QED) is 0.578. The summed E-state index contributed by atoms with van der Waals surface area (Å²) in [6.45, 7) is 10.9. The fraction of sp³-hybridized carbons (Fsp3) is 0.833. The van der Waals surface area contributed by atoms with Gasteiger partial charge in [0.2, 0.25) is 0 Å². The van der Waals surface area contributed by atoms with Crippen LogP contribution in [0.4, 0.5) is 0 Å². The van der Waals surface area contributed by atoms with Crippen LogP contribution in [0, 0.1) is 0 Å². The summed E-state index contributed by atoms with van der Waals surface area (Å²) in [4.78, 5) is 0. The smallest absolute Gasteiger partial charge is 0.0784 e. The molecule has 0 amide bonds. The molecule has 0 aromatic rings. The van der Waals surface area contributed by atoms with E-state index in [0.717, 1.165) is 0 Å². The summed E-state index contributed by atoms with van der Waals surface area (Å²) >= 11 is 0. The fourth-order valence-corrected chi connectivity index (χ4v) is 0.981. The molecule has 0 spiro atoms. The van der Waals surface area contributed by atoms with E-state index < -0.39 is 0 Å². The van der Waals surface area contributed by atoms with Crippen LogP contribution in [0.25, 0.3) is 0 Å². The van der Waals surface area contributed by atoms with Crippen LogP contribution in [0.15, 0.2) is 12.7 Å². The van der Waals surface area contributed by atoms with Crippen molar-refractivity contribution < 1.29 is 19.3 Å². The largest absolute Gasteiger partial charge is 0.394 e. The Morgan fingerprint density at radius 3 is 2.00 bits per heavy atom. The Hall–Kier alpha value is -0.420. The van der Waals surface area contributed by atoms with E-state index in [2.05, 4.69) is 6.58 Å². The summed E-state index contributed by atoms with van der Waals surface area (Å²) in [5, 5.41) is 8.77. The van der Waals surface area contributed by atoms with Crippen LogP contribution in [0.5, 0.6) is 0 Å². The second-order valence-corrected chi connectivity index (χ2v) is 3.90. The Labute approximate surface area is 98.2 Å². The van der Waals surface area contributed by atoms with E-state index in [9.17, 15) is 0 Å². The van der Waals surface area contributed by atoms with Gasteiger partial charge in [0.05, 0.1) is 44.7 Å². The number of aliphatic hydroxyl groups excluding tert-OH is 1. The van der Waals surface area contributed by atoms with Crippen molar-refractivity contribution >= 4 is 0 Å². The Morgan fingerprint density at radius 1 is 1.00 bits per heavy atom. The first-order valence-electron chi connectivity index (χ1n) is 5.66. The monoisotopic (exact) mass is 232 g/mol. The first-order chi connectivity index (χ1) is 7.60. The van der Waals surface area contributed by atoms with Gasteiger partial charge in [0.25, 0.3) is 0 Å². The van der Waals surface area contributed by atoms with Gasteiger partial charge in [-0.1, -0.05) is 6.08 Å². The molecule has 3 unspecified atom stereocenters. The molecule has 0 rings (SSSR count). The van der Waals surface area contributed by atoms with Crippen molar-refractivity contribution in [3.05, 3.63) is 12.7 Å². The van der Waals surface area contributed by atoms with Crippen molar-refractivity contribution in [1.29, 1.82) is 0 Å². The summed E-state index contributed by atoms with van der Waals surface area (Å²) in [6.07, 6.45) is 1.63. The van der Waals surface area contributed by atoms with Gasteiger partial charge in [-0.05, 0) is 20.8 Å². The van der Waals surface area contributed by atoms with Crippen LogP contribution < -0.4 is 0 Å². The van der Waals surface area contributed by atoms with Gasteiger partial charge in [0.15, 0.2) is 0 Å². The van der Waals surface area contributed by atoms with E-state index >= 15 is 0 Å². The highest BCUT2D eigenvalue weighted by atomic mass is 16.6. The van der Waals surface area contributed by atoms with Crippen LogP contribution >= 0.6 is 0 Å². The zero-order valence-electron chi connectivity index (χ0n) is 10.5. The van der Waals surface area contributed by atoms with Crippen LogP contribution in [-0.2, 0) is 14.2 Å². The molecule has 0 radical (unpaired) electrons. The highest BCUT2D eigenvalue weighted by Gasteiger charge is 2.08. The SMILES string of the molecule is C=CCOC(C)COC(C)COC(C)CO. The number of aliphatic hydroxyl groups is 1. The molecule has 0 aliphatic rings. The molecule has 0 bridgehead atoms. The van der Waals surface area contributed by atoms with Crippen molar-refractivity contribution in [3.63, 3.8) is 0 Å². The molecule has 16 heavy (non-hydrogen) atoms. The number of hydrogen-bond acceptors (Lipinski definition) is 4. The van der Waals surface area contributed by atoms with Crippen LogP contribution in [0.2, 0.25) is 0 Å². The lowest BCUT2D eigenvalue weighted by atomic mass is 10.4. The van der Waals surface area contributed by atoms with Gasteiger partial charge < -0.3 is 19.3 Å². The second-order valence-electron chi connectivity index (χ2n) is 3.90. The van der Waals surface area contributed by atoms with E-state index in [4.69, 9.17) is 19.3 Å². The Morgan fingerprint density at radius 2 is 1.50 bits per heavy atom. The van der Waals surface area contributed by atoms with Crippen molar-refractivity contribution in [2.24, 2.45) is 0 Å². The third-order valence-corrected chi connectivity index (χ3v) is 1.99. The average molecular weight is 232 g/mol. The third-order valence-electron chi connectivity index (χ3n) is 1.99. The molecule has 4 heteroatoms. The molecule has 4 nitrogen and oxygen atoms in total. The summed E-state index contributed by atoms with van der Waals surface area (Å²) in [5.74, 6) is 0. The maximum Gasteiger partial charge on any atom is 0.0784 e. The van der Waals surface area contributed by atoms with Crippen molar-refractivity contribution in [2.75, 3.05) is 26.4 Å². The molecule has 0 aromatic carbocycles. The Kier molecular flexibility index (Phi) is 9.52. The molecule has 0 saturated carbocycles. The summed E-state index contributed by atoms with van der Waals surface area (Å²) in [7, 11) is 0. The molecule has 0 aliphatic heterocycles. The third kappa shape index (κ3) is 8.85. The molecular formula is C12H24O4. The van der Waals surface area contributed by atoms with Gasteiger partial charge in [-0.2, -0.15) is 0 Å². The van der Waals surface area contributed by atoms with E-state index in [1.807, 2.05) is 20.8 Å². The number of hydrogen-bond donors (Lipinski definition) is 1. The van der Waals surface area contributed by atoms with Gasteiger partial charge in [0.1, 0.15) is 0 Å². The van der Waals surface area contributed by atoms with Gasteiger partial charge in [-0.15, -0.1) is 6.58 Å². The summed E-state index contributed by atoms with van der Waals surface area (Å²) in [6, 6.07) is 0. The molecule has 96 valence electrons. The Balaban J connectivity index is 3.48. The minimum absolute atomic E-state index is 0.00350. The van der Waals surface area contributed by atoms with Crippen molar-refractivity contribution in [1.82, 2.24) is 0 Å². The summed E-state index contributed by atoms with van der Waals surface area (Å²) < 4.78 is 16.2. The molecule has 3 atom stereocenters. The predicted molar refractivity (Wildman–Crippen MR) is 63.5 cm³/mol. The topological polar surface area (TPSA) is 47.9 Å². The maximum atomic E-state index is 8.77. The normalized spacial score (nSPS) is 16.8. The van der Waals surface area contributed by atoms with E-state index in [1.54, 1.807) is 6.08 Å². The minimum atomic E-state index is -0.138. The number of ether oxygens (including phenoxy) is 3. The minimum Gasteiger partial charge on any atom is -0.394 e. The lowest BCUT2D eigenvalue weighted by molar-refractivity contribution is -0.0712. The fourth-order valence-electron chi connectivity index (χ4n) is 0.981. The van der Waals surface area contributed by atoms with Crippen LogP contribution in [0.1, 0.15) is 20.8 Å². The van der Waals surface area contributed by atoms with Crippen molar-refractivity contribution in [2.45, 2.75) is 39.1 Å². The average Bonchev–Trinajstić information content (AvgIpc) is 2.30. The van der Waals surface area contributed by atoms with E-state index in [0.29, 0.717) is 19.8 Å². The molecule has 0 fully saturated rings. The van der Waals surface area contributed by atoms with Crippen LogP contribution in [-0.4, -0.2) is 49.8 Å². The zero-order valence-corrected chi connectivity index (χ0v) is 10.5. The lowest BCUT2D eigenvalue weighted by Crippen LogP contribution is -2.26. The molecule has 0 heterocycles. The van der Waals surface area contributed by atoms with Gasteiger partial charge in [-0.3, -0.25) is 0 Å². The Bertz CT molecular complexity index is 172. The zero-order chi connectivity index (χ0) is 12.4. The van der Waals surface area contributed by atoms with Crippen molar-refractivity contribution in [3.8, 4) is 0 Å².